The van der Waals surface area contributed by atoms with Gasteiger partial charge in [0.05, 0.1) is 24.8 Å². The average molecular weight is 454 g/mol. The first-order chi connectivity index (χ1) is 15.3. The van der Waals surface area contributed by atoms with Gasteiger partial charge in [0.2, 0.25) is 0 Å². The van der Waals surface area contributed by atoms with E-state index in [2.05, 4.69) is 15.7 Å². The molecule has 1 aromatic carbocycles. The lowest BCUT2D eigenvalue weighted by Crippen LogP contribution is -2.35. The number of nitrogens with zero attached hydrogens (tertiary/aromatic N) is 2. The third-order valence-electron chi connectivity index (χ3n) is 4.81. The van der Waals surface area contributed by atoms with Gasteiger partial charge in [-0.25, -0.2) is 0 Å². The Hall–Kier alpha value is -3.08. The van der Waals surface area contributed by atoms with E-state index in [1.165, 1.54) is 0 Å². The zero-order chi connectivity index (χ0) is 23.1. The highest BCUT2D eigenvalue weighted by molar-refractivity contribution is 5.96. The van der Waals surface area contributed by atoms with Gasteiger partial charge in [-0.05, 0) is 44.0 Å². The number of amides is 2. The largest absolute Gasteiger partial charge is 0.494 e. The van der Waals surface area contributed by atoms with E-state index < -0.39 is 23.3 Å². The molecule has 0 bridgehead atoms. The van der Waals surface area contributed by atoms with E-state index in [-0.39, 0.29) is 31.6 Å². The summed E-state index contributed by atoms with van der Waals surface area (Å²) in [4.78, 5) is 24.5. The summed E-state index contributed by atoms with van der Waals surface area (Å²) < 4.78 is 51.8. The number of halogens is 3. The number of nitrogens with one attached hydrogen (secondary N) is 2. The maximum absolute atomic E-state index is 13.3. The van der Waals surface area contributed by atoms with Gasteiger partial charge in [-0.1, -0.05) is 0 Å². The Kier molecular flexibility index (Phi) is 7.73. The Morgan fingerprint density at radius 2 is 1.88 bits per heavy atom. The summed E-state index contributed by atoms with van der Waals surface area (Å²) in [5.41, 5.74) is -1.41. The van der Waals surface area contributed by atoms with Gasteiger partial charge in [0.1, 0.15) is 5.75 Å². The Balaban J connectivity index is 1.53. The summed E-state index contributed by atoms with van der Waals surface area (Å²) in [6.45, 7) is 3.07. The number of ether oxygens (including phenoxy) is 2. The smallest absolute Gasteiger partial charge is 0.435 e. The summed E-state index contributed by atoms with van der Waals surface area (Å²) in [6, 6.07) is 6.51. The summed E-state index contributed by atoms with van der Waals surface area (Å²) in [6.07, 6.45) is -2.33. The second-order valence-corrected chi connectivity index (χ2v) is 7.22. The molecule has 3 rings (SSSR count). The minimum atomic E-state index is -4.77. The number of hydrogen-bond donors (Lipinski definition) is 2. The monoisotopic (exact) mass is 454 g/mol. The quantitative estimate of drug-likeness (QED) is 0.568. The molecule has 2 N–H and O–H groups in total. The second-order valence-electron chi connectivity index (χ2n) is 7.22. The van der Waals surface area contributed by atoms with Gasteiger partial charge in [0, 0.05) is 31.5 Å². The van der Waals surface area contributed by atoms with Crippen LogP contribution in [0.25, 0.3) is 0 Å². The first-order valence-corrected chi connectivity index (χ1v) is 10.3. The highest BCUT2D eigenvalue weighted by Gasteiger charge is 2.39. The molecule has 1 aliphatic heterocycles. The average Bonchev–Trinajstić information content (AvgIpc) is 3.42. The van der Waals surface area contributed by atoms with Crippen LogP contribution in [-0.4, -0.2) is 54.0 Å². The minimum Gasteiger partial charge on any atom is -0.494 e. The standard InChI is InChI=1S/C21H25F3N4O4/c1-2-31-15-7-5-14(6-8-15)19(29)25-9-10-26-20(30)17-13-28(12-16-4-3-11-32-16)27-18(17)21(22,23)24/h5-8,13,16H,2-4,9-12H2,1H3,(H,25,29)(H,26,30). The number of benzene rings is 1. The molecule has 174 valence electrons. The van der Waals surface area contributed by atoms with Crippen LogP contribution in [0.1, 0.15) is 46.2 Å². The molecule has 32 heavy (non-hydrogen) atoms. The summed E-state index contributed by atoms with van der Waals surface area (Å²) in [5, 5.41) is 8.55. The predicted octanol–water partition coefficient (Wildman–Crippen LogP) is 2.64. The first-order valence-electron chi connectivity index (χ1n) is 10.3. The van der Waals surface area contributed by atoms with E-state index in [1.54, 1.807) is 24.3 Å². The van der Waals surface area contributed by atoms with Crippen LogP contribution in [0, 0.1) is 0 Å². The van der Waals surface area contributed by atoms with Crippen LogP contribution in [0.4, 0.5) is 13.2 Å². The lowest BCUT2D eigenvalue weighted by Gasteiger charge is -2.09. The number of carbonyl (C=O) groups is 2. The number of alkyl halides is 3. The molecule has 1 atom stereocenters. The molecule has 1 fully saturated rings. The van der Waals surface area contributed by atoms with Crippen LogP contribution in [0.5, 0.6) is 5.75 Å². The van der Waals surface area contributed by atoms with Crippen molar-refractivity contribution in [1.29, 1.82) is 0 Å². The zero-order valence-electron chi connectivity index (χ0n) is 17.6. The molecule has 1 saturated heterocycles. The third-order valence-corrected chi connectivity index (χ3v) is 4.81. The van der Waals surface area contributed by atoms with Crippen molar-refractivity contribution in [2.45, 2.75) is 38.6 Å². The summed E-state index contributed by atoms with van der Waals surface area (Å²) in [5.74, 6) is -0.647. The maximum Gasteiger partial charge on any atom is 0.435 e. The molecule has 0 radical (unpaired) electrons. The topological polar surface area (TPSA) is 94.5 Å². The SMILES string of the molecule is CCOc1ccc(C(=O)NCCNC(=O)c2cn(CC3CCCO3)nc2C(F)(F)F)cc1. The molecule has 11 heteroatoms. The Labute approximate surface area is 183 Å². The van der Waals surface area contributed by atoms with E-state index >= 15 is 0 Å². The van der Waals surface area contributed by atoms with Crippen LogP contribution in [0.3, 0.4) is 0 Å². The van der Waals surface area contributed by atoms with Crippen molar-refractivity contribution in [2.75, 3.05) is 26.3 Å². The molecule has 0 spiro atoms. The van der Waals surface area contributed by atoms with Gasteiger partial charge < -0.3 is 20.1 Å². The van der Waals surface area contributed by atoms with Crippen molar-refractivity contribution in [3.8, 4) is 5.75 Å². The van der Waals surface area contributed by atoms with Crippen molar-refractivity contribution in [1.82, 2.24) is 20.4 Å². The van der Waals surface area contributed by atoms with Gasteiger partial charge in [-0.2, -0.15) is 18.3 Å². The van der Waals surface area contributed by atoms with Gasteiger partial charge in [-0.3, -0.25) is 14.3 Å². The highest BCUT2D eigenvalue weighted by atomic mass is 19.4. The van der Waals surface area contributed by atoms with Crippen LogP contribution >= 0.6 is 0 Å². The number of aromatic nitrogens is 2. The van der Waals surface area contributed by atoms with Crippen LogP contribution in [0.2, 0.25) is 0 Å². The predicted molar refractivity (Wildman–Crippen MR) is 108 cm³/mol. The molecular formula is C21H25F3N4O4. The maximum atomic E-state index is 13.3. The molecule has 2 heterocycles. The molecule has 2 amide bonds. The summed E-state index contributed by atoms with van der Waals surface area (Å²) in [7, 11) is 0. The van der Waals surface area contributed by atoms with Crippen molar-refractivity contribution in [3.63, 3.8) is 0 Å². The normalized spacial score (nSPS) is 16.1. The number of hydrogen-bond acceptors (Lipinski definition) is 5. The van der Waals surface area contributed by atoms with Gasteiger partial charge in [0.25, 0.3) is 11.8 Å². The second kappa shape index (κ2) is 10.5. The Morgan fingerprint density at radius 3 is 2.47 bits per heavy atom. The lowest BCUT2D eigenvalue weighted by atomic mass is 10.2. The molecule has 1 aliphatic rings. The van der Waals surface area contributed by atoms with Crippen LogP contribution in [-0.2, 0) is 17.5 Å². The molecule has 1 aromatic heterocycles. The van der Waals surface area contributed by atoms with Crippen LogP contribution in [0.15, 0.2) is 30.5 Å². The van der Waals surface area contributed by atoms with E-state index in [1.807, 2.05) is 6.92 Å². The fourth-order valence-electron chi connectivity index (χ4n) is 3.31. The first kappa shape index (κ1) is 23.6. The molecule has 2 aromatic rings. The molecule has 1 unspecified atom stereocenters. The molecular weight excluding hydrogens is 429 g/mol. The number of rotatable bonds is 9. The highest BCUT2D eigenvalue weighted by Crippen LogP contribution is 2.31. The fourth-order valence-corrected chi connectivity index (χ4v) is 3.31. The lowest BCUT2D eigenvalue weighted by molar-refractivity contribution is -0.141. The Bertz CT molecular complexity index is 922. The van der Waals surface area contributed by atoms with Gasteiger partial charge in [0.15, 0.2) is 5.69 Å². The molecule has 0 saturated carbocycles. The van der Waals surface area contributed by atoms with E-state index in [9.17, 15) is 22.8 Å². The van der Waals surface area contributed by atoms with E-state index in [0.29, 0.717) is 24.5 Å². The Morgan fingerprint density at radius 1 is 1.19 bits per heavy atom. The van der Waals surface area contributed by atoms with Gasteiger partial charge in [-0.15, -0.1) is 0 Å². The van der Waals surface area contributed by atoms with E-state index in [0.717, 1.165) is 23.7 Å². The third kappa shape index (κ3) is 6.22. The van der Waals surface area contributed by atoms with Crippen molar-refractivity contribution in [2.24, 2.45) is 0 Å². The summed E-state index contributed by atoms with van der Waals surface area (Å²) >= 11 is 0. The molecule has 0 aliphatic carbocycles. The molecule has 8 nitrogen and oxygen atoms in total. The van der Waals surface area contributed by atoms with Crippen molar-refractivity contribution < 1.29 is 32.2 Å². The van der Waals surface area contributed by atoms with Crippen molar-refractivity contribution >= 4 is 11.8 Å². The van der Waals surface area contributed by atoms with Gasteiger partial charge >= 0.3 is 6.18 Å². The zero-order valence-corrected chi connectivity index (χ0v) is 17.6. The minimum absolute atomic E-state index is 0.0448. The van der Waals surface area contributed by atoms with Crippen LogP contribution < -0.4 is 15.4 Å². The number of carbonyl (C=O) groups excluding carboxylic acids is 2. The fraction of sp³-hybridized carbons (Fsp3) is 0.476. The van der Waals surface area contributed by atoms with Crippen molar-refractivity contribution in [3.05, 3.63) is 47.3 Å². The van der Waals surface area contributed by atoms with E-state index in [4.69, 9.17) is 9.47 Å².